The second-order valence-electron chi connectivity index (χ2n) is 8.17. The Morgan fingerprint density at radius 1 is 1.41 bits per heavy atom. The van der Waals surface area contributed by atoms with Gasteiger partial charge in [-0.05, 0) is 63.5 Å². The molecule has 10 heteroatoms. The van der Waals surface area contributed by atoms with Gasteiger partial charge < -0.3 is 14.6 Å². The standard InChI is InChI=1S/C19H27N7O2S/c1-12-13(2)25(10-14-7-6-8-28-14)17(15(12)9-20)21-16(27)11-29-18-22-23-24-26(18)19(3,4)5/h14H,6-8,10-11H2,1-5H3,(H,21,27)/t14-/m1/s1. The minimum atomic E-state index is -0.277. The molecule has 0 aromatic carbocycles. The number of hydrogen-bond acceptors (Lipinski definition) is 7. The highest BCUT2D eigenvalue weighted by atomic mass is 32.2. The predicted molar refractivity (Wildman–Crippen MR) is 110 cm³/mol. The van der Waals surface area contributed by atoms with Gasteiger partial charge in [-0.3, -0.25) is 4.79 Å². The molecule has 1 amide bonds. The molecular formula is C19H27N7O2S. The van der Waals surface area contributed by atoms with Crippen LogP contribution in [0.15, 0.2) is 5.16 Å². The van der Waals surface area contributed by atoms with Gasteiger partial charge in [0.25, 0.3) is 0 Å². The van der Waals surface area contributed by atoms with E-state index in [-0.39, 0.29) is 23.3 Å². The van der Waals surface area contributed by atoms with Crippen molar-refractivity contribution in [2.45, 2.75) is 70.8 Å². The van der Waals surface area contributed by atoms with E-state index < -0.39 is 0 Å². The number of carbonyl (C=O) groups excluding carboxylic acids is 1. The van der Waals surface area contributed by atoms with E-state index in [4.69, 9.17) is 4.74 Å². The summed E-state index contributed by atoms with van der Waals surface area (Å²) in [5.41, 5.74) is 2.07. The molecule has 0 saturated carbocycles. The van der Waals surface area contributed by atoms with E-state index in [2.05, 4.69) is 26.9 Å². The van der Waals surface area contributed by atoms with Gasteiger partial charge in [-0.1, -0.05) is 11.8 Å². The van der Waals surface area contributed by atoms with Crippen LogP contribution in [-0.2, 0) is 21.6 Å². The fourth-order valence-electron chi connectivity index (χ4n) is 3.34. The molecule has 3 rings (SSSR count). The van der Waals surface area contributed by atoms with Crippen molar-refractivity contribution < 1.29 is 9.53 Å². The zero-order valence-electron chi connectivity index (χ0n) is 17.5. The molecule has 2 aromatic rings. The molecule has 0 spiro atoms. The van der Waals surface area contributed by atoms with Crippen molar-refractivity contribution in [3.63, 3.8) is 0 Å². The Labute approximate surface area is 174 Å². The van der Waals surface area contributed by atoms with Crippen LogP contribution < -0.4 is 5.32 Å². The monoisotopic (exact) mass is 417 g/mol. The molecule has 0 aliphatic carbocycles. The second kappa shape index (κ2) is 8.55. The van der Waals surface area contributed by atoms with Gasteiger partial charge in [0.2, 0.25) is 11.1 Å². The van der Waals surface area contributed by atoms with Crippen molar-refractivity contribution in [3.05, 3.63) is 16.8 Å². The van der Waals surface area contributed by atoms with E-state index >= 15 is 0 Å². The molecule has 1 fully saturated rings. The number of nitrogens with zero attached hydrogens (tertiary/aromatic N) is 6. The number of anilines is 1. The smallest absolute Gasteiger partial charge is 0.235 e. The Kier molecular flexibility index (Phi) is 6.29. The van der Waals surface area contributed by atoms with Gasteiger partial charge in [-0.15, -0.1) is 5.10 Å². The highest BCUT2D eigenvalue weighted by Gasteiger charge is 2.25. The van der Waals surface area contributed by atoms with Gasteiger partial charge in [-0.2, -0.15) is 5.26 Å². The van der Waals surface area contributed by atoms with Crippen LogP contribution in [0, 0.1) is 25.2 Å². The third-order valence-electron chi connectivity index (χ3n) is 5.02. The fourth-order valence-corrected chi connectivity index (χ4v) is 4.20. The molecule has 156 valence electrons. The number of ether oxygens (including phenoxy) is 1. The summed E-state index contributed by atoms with van der Waals surface area (Å²) in [5, 5.41) is 24.9. The van der Waals surface area contributed by atoms with E-state index in [1.54, 1.807) is 4.68 Å². The highest BCUT2D eigenvalue weighted by molar-refractivity contribution is 7.99. The number of carbonyl (C=O) groups is 1. The molecule has 0 radical (unpaired) electrons. The molecule has 1 aliphatic rings. The quantitative estimate of drug-likeness (QED) is 0.719. The largest absolute Gasteiger partial charge is 0.376 e. The average Bonchev–Trinajstić information content (AvgIpc) is 3.38. The van der Waals surface area contributed by atoms with Crippen molar-refractivity contribution in [1.82, 2.24) is 24.8 Å². The van der Waals surface area contributed by atoms with Crippen molar-refractivity contribution in [2.75, 3.05) is 17.7 Å². The normalized spacial score (nSPS) is 16.8. The summed E-state index contributed by atoms with van der Waals surface area (Å²) in [6.45, 7) is 11.2. The lowest BCUT2D eigenvalue weighted by Crippen LogP contribution is -2.25. The number of aromatic nitrogens is 5. The van der Waals surface area contributed by atoms with Crippen LogP contribution in [0.1, 0.15) is 50.4 Å². The number of nitrogens with one attached hydrogen (secondary N) is 1. The van der Waals surface area contributed by atoms with Gasteiger partial charge in [0.1, 0.15) is 11.9 Å². The molecule has 0 bridgehead atoms. The Balaban J connectivity index is 1.75. The van der Waals surface area contributed by atoms with Gasteiger partial charge >= 0.3 is 0 Å². The summed E-state index contributed by atoms with van der Waals surface area (Å²) < 4.78 is 9.44. The molecule has 2 aromatic heterocycles. The number of rotatable bonds is 6. The molecule has 1 atom stereocenters. The zero-order valence-corrected chi connectivity index (χ0v) is 18.3. The molecule has 3 heterocycles. The second-order valence-corrected chi connectivity index (χ2v) is 9.11. The topological polar surface area (TPSA) is 111 Å². The third kappa shape index (κ3) is 4.62. The molecule has 29 heavy (non-hydrogen) atoms. The van der Waals surface area contributed by atoms with Crippen LogP contribution in [0.2, 0.25) is 0 Å². The van der Waals surface area contributed by atoms with E-state index in [0.717, 1.165) is 30.7 Å². The first kappa shape index (κ1) is 21.3. The minimum Gasteiger partial charge on any atom is -0.376 e. The first-order chi connectivity index (χ1) is 13.7. The number of hydrogen-bond donors (Lipinski definition) is 1. The highest BCUT2D eigenvalue weighted by Crippen LogP contribution is 2.29. The van der Waals surface area contributed by atoms with Crippen molar-refractivity contribution in [2.24, 2.45) is 0 Å². The minimum absolute atomic E-state index is 0.105. The van der Waals surface area contributed by atoms with Crippen LogP contribution in [0.4, 0.5) is 5.82 Å². The summed E-state index contributed by atoms with van der Waals surface area (Å²) in [6, 6.07) is 2.23. The van der Waals surface area contributed by atoms with Crippen LogP contribution in [0.3, 0.4) is 0 Å². The first-order valence-electron chi connectivity index (χ1n) is 9.65. The predicted octanol–water partition coefficient (Wildman–Crippen LogP) is 2.63. The number of thioether (sulfide) groups is 1. The van der Waals surface area contributed by atoms with E-state index in [9.17, 15) is 10.1 Å². The summed E-state index contributed by atoms with van der Waals surface area (Å²) >= 11 is 1.27. The van der Waals surface area contributed by atoms with E-state index in [1.807, 2.05) is 39.2 Å². The SMILES string of the molecule is Cc1c(C#N)c(NC(=O)CSc2nnnn2C(C)(C)C)n(C[C@H]2CCCO2)c1C. The maximum absolute atomic E-state index is 12.7. The van der Waals surface area contributed by atoms with Crippen LogP contribution in [0.25, 0.3) is 0 Å². The molecule has 9 nitrogen and oxygen atoms in total. The van der Waals surface area contributed by atoms with Crippen molar-refractivity contribution in [1.29, 1.82) is 5.26 Å². The molecule has 1 N–H and O–H groups in total. The average molecular weight is 418 g/mol. The lowest BCUT2D eigenvalue weighted by molar-refractivity contribution is -0.113. The van der Waals surface area contributed by atoms with Crippen molar-refractivity contribution >= 4 is 23.5 Å². The van der Waals surface area contributed by atoms with Crippen LogP contribution >= 0.6 is 11.8 Å². The summed E-state index contributed by atoms with van der Waals surface area (Å²) in [5.74, 6) is 0.477. The maximum atomic E-state index is 12.7. The van der Waals surface area contributed by atoms with E-state index in [1.165, 1.54) is 11.8 Å². The van der Waals surface area contributed by atoms with Gasteiger partial charge in [-0.25, -0.2) is 4.68 Å². The van der Waals surface area contributed by atoms with Crippen LogP contribution in [-0.4, -0.2) is 49.1 Å². The van der Waals surface area contributed by atoms with Crippen LogP contribution in [0.5, 0.6) is 0 Å². The molecular weight excluding hydrogens is 390 g/mol. The third-order valence-corrected chi connectivity index (χ3v) is 5.94. The van der Waals surface area contributed by atoms with Gasteiger partial charge in [0, 0.05) is 12.3 Å². The van der Waals surface area contributed by atoms with Gasteiger partial charge in [0.15, 0.2) is 0 Å². The summed E-state index contributed by atoms with van der Waals surface area (Å²) in [6.07, 6.45) is 2.13. The number of amides is 1. The Morgan fingerprint density at radius 3 is 2.79 bits per heavy atom. The Bertz CT molecular complexity index is 930. The number of tetrazole rings is 1. The number of nitriles is 1. The lowest BCUT2D eigenvalue weighted by Gasteiger charge is -2.19. The molecule has 0 unspecified atom stereocenters. The summed E-state index contributed by atoms with van der Waals surface area (Å²) in [7, 11) is 0. The zero-order chi connectivity index (χ0) is 21.2. The van der Waals surface area contributed by atoms with E-state index in [0.29, 0.717) is 23.1 Å². The summed E-state index contributed by atoms with van der Waals surface area (Å²) in [4.78, 5) is 12.7. The Morgan fingerprint density at radius 2 is 2.17 bits per heavy atom. The lowest BCUT2D eigenvalue weighted by atomic mass is 10.1. The fraction of sp³-hybridized carbons (Fsp3) is 0.632. The Hall–Kier alpha value is -2.38. The van der Waals surface area contributed by atoms with Crippen molar-refractivity contribution in [3.8, 4) is 6.07 Å². The molecule has 1 aliphatic heterocycles. The first-order valence-corrected chi connectivity index (χ1v) is 10.6. The van der Waals surface area contributed by atoms with Gasteiger partial charge in [0.05, 0.1) is 29.5 Å². The molecule has 1 saturated heterocycles. The maximum Gasteiger partial charge on any atom is 0.235 e.